The summed E-state index contributed by atoms with van der Waals surface area (Å²) in [5.74, 6) is 2.17. The van der Waals surface area contributed by atoms with E-state index in [1.807, 2.05) is 89.0 Å². The van der Waals surface area contributed by atoms with Gasteiger partial charge in [0.1, 0.15) is 41.1 Å². The lowest BCUT2D eigenvalue weighted by Crippen LogP contribution is -2.46. The van der Waals surface area contributed by atoms with Crippen molar-refractivity contribution in [3.63, 3.8) is 0 Å². The molecule has 0 N–H and O–H groups in total. The molecule has 0 radical (unpaired) electrons. The molecule has 0 amide bonds. The van der Waals surface area contributed by atoms with Gasteiger partial charge in [-0.1, -0.05) is 159 Å². The Kier molecular flexibility index (Phi) is 20.1. The number of ketones is 2. The first-order valence-electron chi connectivity index (χ1n) is 24.4. The summed E-state index contributed by atoms with van der Waals surface area (Å²) in [6, 6.07) is 24.6. The molecule has 0 aliphatic heterocycles. The number of alkyl halides is 1. The number of carbonyl (C=O) groups is 2. The maximum atomic E-state index is 16.1. The predicted molar refractivity (Wildman–Crippen MR) is 270 cm³/mol. The van der Waals surface area contributed by atoms with Gasteiger partial charge in [-0.05, 0) is 110 Å². The molecule has 0 aliphatic rings. The van der Waals surface area contributed by atoms with Gasteiger partial charge in [0.2, 0.25) is 0 Å². The summed E-state index contributed by atoms with van der Waals surface area (Å²) in [6.45, 7) is 40.1. The molecule has 356 valence electrons. The Bertz CT molecular complexity index is 2080. The van der Waals surface area contributed by atoms with Crippen molar-refractivity contribution in [1.29, 1.82) is 0 Å². The number of imidazole rings is 1. The monoisotopic (exact) mass is 882 g/mol. The van der Waals surface area contributed by atoms with Gasteiger partial charge in [-0.15, -0.1) is 0 Å². The first-order valence-corrected chi connectivity index (χ1v) is 24.4. The van der Waals surface area contributed by atoms with E-state index in [-0.39, 0.29) is 33.7 Å². The molecule has 3 aromatic carbocycles. The van der Waals surface area contributed by atoms with Gasteiger partial charge in [-0.25, -0.2) is 8.96 Å². The van der Waals surface area contributed by atoms with Crippen molar-refractivity contribution < 1.29 is 23.3 Å². The number of nitrogens with zero attached hydrogens (tertiary/aromatic N) is 2. The van der Waals surface area contributed by atoms with E-state index in [1.165, 1.54) is 5.56 Å². The van der Waals surface area contributed by atoms with Gasteiger partial charge in [0, 0.05) is 29.2 Å². The molecule has 0 spiro atoms. The SMILES string of the molecule is CC.CC.CCC(=O)C(C)(CC(C)C(C)(CC(C)(C)CC(c1ccccc1)C(C)(C)C)C(=O)CCCOc1ccc(-c2n(-c3ccccc3C)cc[n+]2C)c(C(C)(C)F)c1)C(C)(C)C. The van der Waals surface area contributed by atoms with Crippen LogP contribution < -0.4 is 9.30 Å². The lowest BCUT2D eigenvalue weighted by Gasteiger charge is -2.48. The summed E-state index contributed by atoms with van der Waals surface area (Å²) in [7, 11) is 1.98. The summed E-state index contributed by atoms with van der Waals surface area (Å²) >= 11 is 0. The van der Waals surface area contributed by atoms with Crippen LogP contribution in [0.25, 0.3) is 17.1 Å². The van der Waals surface area contributed by atoms with Crippen molar-refractivity contribution in [2.45, 2.75) is 182 Å². The van der Waals surface area contributed by atoms with Gasteiger partial charge in [-0.3, -0.25) is 9.59 Å². The predicted octanol–water partition coefficient (Wildman–Crippen LogP) is 16.0. The molecule has 4 unspecified atom stereocenters. The molecule has 1 aromatic heterocycles. The number of hydrogen-bond acceptors (Lipinski definition) is 3. The Morgan fingerprint density at radius 2 is 1.36 bits per heavy atom. The average molecular weight is 882 g/mol. The van der Waals surface area contributed by atoms with Crippen LogP contribution in [0.3, 0.4) is 0 Å². The fraction of sp³-hybridized carbons (Fsp3) is 0.603. The molecule has 1 heterocycles. The first-order chi connectivity index (χ1) is 29.7. The number of rotatable bonds is 19. The minimum atomic E-state index is -1.64. The van der Waals surface area contributed by atoms with Gasteiger partial charge in [0.15, 0.2) is 0 Å². The van der Waals surface area contributed by atoms with Crippen molar-refractivity contribution in [1.82, 2.24) is 4.57 Å². The number of ether oxygens (including phenoxy) is 1. The van der Waals surface area contributed by atoms with E-state index < -0.39 is 16.5 Å². The highest BCUT2D eigenvalue weighted by atomic mass is 19.1. The zero-order chi connectivity index (χ0) is 49.1. The van der Waals surface area contributed by atoms with Gasteiger partial charge in [0.25, 0.3) is 5.82 Å². The summed E-state index contributed by atoms with van der Waals surface area (Å²) in [4.78, 5) is 28.6. The highest BCUT2D eigenvalue weighted by Gasteiger charge is 2.50. The summed E-state index contributed by atoms with van der Waals surface area (Å²) in [5.41, 5.74) is 1.49. The second-order valence-corrected chi connectivity index (χ2v) is 21.7. The third-order valence-corrected chi connectivity index (χ3v) is 13.9. The molecule has 0 saturated heterocycles. The molecule has 5 nitrogen and oxygen atoms in total. The Morgan fingerprint density at radius 1 is 0.781 bits per heavy atom. The lowest BCUT2D eigenvalue weighted by molar-refractivity contribution is -0.659. The maximum absolute atomic E-state index is 16.1. The number of para-hydroxylation sites is 1. The summed E-state index contributed by atoms with van der Waals surface area (Å²) < 4.78 is 26.6. The Hall–Kier alpha value is -4.06. The van der Waals surface area contributed by atoms with Crippen LogP contribution >= 0.6 is 0 Å². The highest BCUT2D eigenvalue weighted by Crippen LogP contribution is 2.54. The fourth-order valence-electron chi connectivity index (χ4n) is 9.68. The van der Waals surface area contributed by atoms with Crippen LogP contribution in [0.1, 0.15) is 186 Å². The maximum Gasteiger partial charge on any atom is 0.294 e. The molecule has 64 heavy (non-hydrogen) atoms. The van der Waals surface area contributed by atoms with Crippen LogP contribution in [0, 0.1) is 39.9 Å². The average Bonchev–Trinajstić information content (AvgIpc) is 3.61. The topological polar surface area (TPSA) is 52.2 Å². The van der Waals surface area contributed by atoms with Crippen molar-refractivity contribution in [3.8, 4) is 22.8 Å². The Labute approximate surface area is 391 Å². The second-order valence-electron chi connectivity index (χ2n) is 21.7. The van der Waals surface area contributed by atoms with Crippen molar-refractivity contribution in [2.24, 2.45) is 40.0 Å². The molecule has 6 heteroatoms. The van der Waals surface area contributed by atoms with Gasteiger partial charge in [-0.2, -0.15) is 4.57 Å². The van der Waals surface area contributed by atoms with Gasteiger partial charge < -0.3 is 4.74 Å². The minimum absolute atomic E-state index is 0.0265. The van der Waals surface area contributed by atoms with E-state index in [9.17, 15) is 9.59 Å². The number of aromatic nitrogens is 2. The number of Topliss-reactive ketones (excluding diaryl/α,β-unsaturated/α-hetero) is 2. The zero-order valence-electron chi connectivity index (χ0n) is 44.2. The highest BCUT2D eigenvalue weighted by molar-refractivity contribution is 5.86. The van der Waals surface area contributed by atoms with E-state index in [4.69, 9.17) is 4.74 Å². The van der Waals surface area contributed by atoms with E-state index in [2.05, 4.69) is 130 Å². The normalized spacial score (nSPS) is 15.0. The quantitative estimate of drug-likeness (QED) is 0.0696. The Morgan fingerprint density at radius 3 is 1.89 bits per heavy atom. The van der Waals surface area contributed by atoms with Crippen molar-refractivity contribution >= 4 is 11.6 Å². The van der Waals surface area contributed by atoms with Crippen molar-refractivity contribution in [3.05, 3.63) is 102 Å². The van der Waals surface area contributed by atoms with Crippen LogP contribution in [-0.4, -0.2) is 22.7 Å². The van der Waals surface area contributed by atoms with Crippen LogP contribution in [0.4, 0.5) is 4.39 Å². The number of aryl methyl sites for hydroxylation is 2. The molecule has 4 rings (SSSR count). The van der Waals surface area contributed by atoms with Gasteiger partial charge in [0.05, 0.1) is 19.2 Å². The van der Waals surface area contributed by atoms with Crippen molar-refractivity contribution in [2.75, 3.05) is 6.61 Å². The second kappa shape index (κ2) is 22.9. The molecule has 0 bridgehead atoms. The van der Waals surface area contributed by atoms with E-state index in [1.54, 1.807) is 13.8 Å². The number of benzene rings is 3. The van der Waals surface area contributed by atoms with E-state index in [0.29, 0.717) is 55.9 Å². The third kappa shape index (κ3) is 13.7. The largest absolute Gasteiger partial charge is 0.494 e. The van der Waals surface area contributed by atoms with E-state index in [0.717, 1.165) is 29.1 Å². The molecule has 4 atom stereocenters. The van der Waals surface area contributed by atoms with E-state index >= 15 is 4.39 Å². The minimum Gasteiger partial charge on any atom is -0.494 e. The molecule has 4 aromatic rings. The first kappa shape index (κ1) is 56.1. The fourth-order valence-corrected chi connectivity index (χ4v) is 9.68. The standard InChI is InChI=1S/C54H78FN2O3.2C2H6/c1-17-46(58)54(15,50(7,8)9)35-39(3)53(14,37-51(10,11)36-44(49(4,5)6)40-25-19-18-20-26-40)47(59)28-23-33-60-41-29-30-42(43(34-41)52(12,13)55)48-56(16)31-32-57(48)45-27-22-21-24-38(45)2;2*1-2/h18-22,24-27,29-32,34,39,44H,17,23,28,33,35-37H2,1-16H3;2*1-2H3/q+1;;. The number of carbonyl (C=O) groups excluding carboxylic acids is 2. The molecular formula is C58H90FN2O3+. The van der Waals surface area contributed by atoms with Crippen LogP contribution in [0.15, 0.2) is 85.2 Å². The van der Waals surface area contributed by atoms with Crippen LogP contribution in [-0.2, 0) is 22.3 Å². The van der Waals surface area contributed by atoms with Crippen LogP contribution in [0.2, 0.25) is 0 Å². The molecule has 0 fully saturated rings. The third-order valence-electron chi connectivity index (χ3n) is 13.9. The smallest absolute Gasteiger partial charge is 0.294 e. The number of hydrogen-bond donors (Lipinski definition) is 0. The molecular weight excluding hydrogens is 792 g/mol. The molecule has 0 saturated carbocycles. The Balaban J connectivity index is 0.00000342. The molecule has 0 aliphatic carbocycles. The number of halogens is 1. The van der Waals surface area contributed by atoms with Gasteiger partial charge >= 0.3 is 0 Å². The van der Waals surface area contributed by atoms with Crippen LogP contribution in [0.5, 0.6) is 5.75 Å². The summed E-state index contributed by atoms with van der Waals surface area (Å²) in [6.07, 6.45) is 7.64. The summed E-state index contributed by atoms with van der Waals surface area (Å²) in [5, 5.41) is 0. The lowest BCUT2D eigenvalue weighted by atomic mass is 9.55. The zero-order valence-corrected chi connectivity index (χ0v) is 44.2.